The lowest BCUT2D eigenvalue weighted by molar-refractivity contribution is -0.0442. The molecule has 2 atom stereocenters. The maximum atomic E-state index is 13.4. The van der Waals surface area contributed by atoms with Crippen LogP contribution >= 0.6 is 27.5 Å². The molecule has 0 saturated heterocycles. The highest BCUT2D eigenvalue weighted by Crippen LogP contribution is 2.47. The van der Waals surface area contributed by atoms with Crippen LogP contribution in [0.2, 0.25) is 5.02 Å². The number of ketones is 1. The molecular weight excluding hydrogens is 662 g/mol. The first-order valence-corrected chi connectivity index (χ1v) is 15.7. The van der Waals surface area contributed by atoms with Crippen molar-refractivity contribution in [3.63, 3.8) is 0 Å². The van der Waals surface area contributed by atoms with Gasteiger partial charge in [-0.2, -0.15) is 5.10 Å². The van der Waals surface area contributed by atoms with Gasteiger partial charge in [-0.3, -0.25) is 4.79 Å². The lowest BCUT2D eigenvalue weighted by Crippen LogP contribution is -2.39. The summed E-state index contributed by atoms with van der Waals surface area (Å²) in [5, 5.41) is 16.1. The predicted octanol–water partition coefficient (Wildman–Crippen LogP) is 7.20. The number of benzene rings is 3. The van der Waals surface area contributed by atoms with E-state index >= 15 is 0 Å². The number of aromatic nitrogens is 3. The third kappa shape index (κ3) is 7.29. The Balaban J connectivity index is 0.000000209. The van der Waals surface area contributed by atoms with Crippen molar-refractivity contribution in [3.05, 3.63) is 92.4 Å². The number of methoxy groups -OCH3 is 4. The van der Waals surface area contributed by atoms with Crippen LogP contribution in [0.15, 0.2) is 59.6 Å². The molecule has 1 saturated carbocycles. The van der Waals surface area contributed by atoms with Crippen LogP contribution in [0.1, 0.15) is 52.4 Å². The molecule has 11 heteroatoms. The van der Waals surface area contributed by atoms with Crippen molar-refractivity contribution in [1.82, 2.24) is 14.8 Å². The largest absolute Gasteiger partial charge is 0.496 e. The quantitative estimate of drug-likeness (QED) is 0.164. The number of aliphatic hydroxyl groups is 1. The minimum Gasteiger partial charge on any atom is -0.496 e. The van der Waals surface area contributed by atoms with Crippen LogP contribution in [-0.4, -0.2) is 54.1 Å². The monoisotopic (exact) mass is 699 g/mol. The fourth-order valence-electron chi connectivity index (χ4n) is 5.58. The van der Waals surface area contributed by atoms with Crippen LogP contribution in [0.5, 0.6) is 23.0 Å². The van der Waals surface area contributed by atoms with E-state index in [1.807, 2.05) is 44.2 Å². The molecule has 4 aromatic rings. The third-order valence-electron chi connectivity index (χ3n) is 8.36. The zero-order valence-electron chi connectivity index (χ0n) is 26.6. The van der Waals surface area contributed by atoms with E-state index in [4.69, 9.17) is 30.5 Å². The van der Waals surface area contributed by atoms with Crippen LogP contribution in [0.4, 0.5) is 0 Å². The van der Waals surface area contributed by atoms with Gasteiger partial charge in [-0.05, 0) is 85.5 Å². The average Bonchev–Trinajstić information content (AvgIpc) is 3.77. The fourth-order valence-corrected chi connectivity index (χ4v) is 6.04. The molecule has 0 spiro atoms. The molecular formula is C34H39BrClN3O6. The summed E-state index contributed by atoms with van der Waals surface area (Å²) in [5.74, 6) is 2.28. The smallest absolute Gasteiger partial charge is 0.204 e. The summed E-state index contributed by atoms with van der Waals surface area (Å²) in [4.78, 5) is 17.3. The van der Waals surface area contributed by atoms with Gasteiger partial charge in [0.15, 0.2) is 11.5 Å². The van der Waals surface area contributed by atoms with E-state index in [-0.39, 0.29) is 11.7 Å². The Bertz CT molecular complexity index is 1630. The second-order valence-corrected chi connectivity index (χ2v) is 12.4. The molecule has 5 rings (SSSR count). The van der Waals surface area contributed by atoms with Crippen LogP contribution < -0.4 is 18.9 Å². The van der Waals surface area contributed by atoms with Crippen molar-refractivity contribution >= 4 is 33.3 Å². The van der Waals surface area contributed by atoms with Crippen molar-refractivity contribution in [2.24, 2.45) is 11.8 Å². The van der Waals surface area contributed by atoms with E-state index in [2.05, 4.69) is 32.9 Å². The molecule has 2 unspecified atom stereocenters. The van der Waals surface area contributed by atoms with Gasteiger partial charge in [0, 0.05) is 9.50 Å². The Morgan fingerprint density at radius 3 is 2.18 bits per heavy atom. The summed E-state index contributed by atoms with van der Waals surface area (Å²) < 4.78 is 24.2. The van der Waals surface area contributed by atoms with Crippen LogP contribution in [0.25, 0.3) is 0 Å². The van der Waals surface area contributed by atoms with E-state index in [1.54, 1.807) is 30.3 Å². The van der Waals surface area contributed by atoms with Gasteiger partial charge in [0.25, 0.3) is 0 Å². The fraction of sp³-hybridized carbons (Fsp3) is 0.382. The second-order valence-electron chi connectivity index (χ2n) is 11.1. The van der Waals surface area contributed by atoms with E-state index in [0.717, 1.165) is 21.2 Å². The maximum absolute atomic E-state index is 13.4. The molecule has 0 radical (unpaired) electrons. The van der Waals surface area contributed by atoms with Gasteiger partial charge >= 0.3 is 0 Å². The Kier molecular flexibility index (Phi) is 11.2. The molecule has 0 amide bonds. The minimum atomic E-state index is -0.945. The summed E-state index contributed by atoms with van der Waals surface area (Å²) >= 11 is 9.42. The second kappa shape index (κ2) is 14.7. The summed E-state index contributed by atoms with van der Waals surface area (Å²) in [6.45, 7) is 6.22. The molecule has 1 aliphatic carbocycles. The number of rotatable bonds is 11. The molecule has 1 aliphatic rings. The summed E-state index contributed by atoms with van der Waals surface area (Å²) in [5.41, 5.74) is 2.35. The van der Waals surface area contributed by atoms with Gasteiger partial charge in [0.1, 0.15) is 24.0 Å². The standard InChI is InChI=1S/C19H21BrO5.C15H18ClN3O/c1-10-9-14(23-4)18(24-5)19(25-6)15(10)17(21)16-11(2)12(20)7-8-13(16)22-3;1-11(12-2-3-12)15(20,8-19-10-17-9-18-19)13-4-6-14(16)7-5-13/h7-9H,1-6H3;4-7,9-12,20H,2-3,8H2,1H3. The number of ether oxygens (including phenoxy) is 4. The number of halogens is 2. The molecule has 0 aliphatic heterocycles. The first-order valence-electron chi connectivity index (χ1n) is 14.5. The lowest BCUT2D eigenvalue weighted by Gasteiger charge is -2.35. The summed E-state index contributed by atoms with van der Waals surface area (Å²) in [6, 6.07) is 12.8. The Morgan fingerprint density at radius 1 is 1.00 bits per heavy atom. The normalized spacial score (nSPS) is 14.4. The Labute approximate surface area is 277 Å². The summed E-state index contributed by atoms with van der Waals surface area (Å²) in [7, 11) is 6.09. The molecule has 0 bridgehead atoms. The minimum absolute atomic E-state index is 0.174. The third-order valence-corrected chi connectivity index (χ3v) is 9.47. The average molecular weight is 701 g/mol. The van der Waals surface area contributed by atoms with Gasteiger partial charge in [0.05, 0.1) is 46.1 Å². The molecule has 3 aromatic carbocycles. The highest BCUT2D eigenvalue weighted by atomic mass is 79.9. The maximum Gasteiger partial charge on any atom is 0.204 e. The lowest BCUT2D eigenvalue weighted by atomic mass is 9.79. The van der Waals surface area contributed by atoms with Crippen molar-refractivity contribution < 1.29 is 28.8 Å². The number of hydrogen-bond acceptors (Lipinski definition) is 8. The van der Waals surface area contributed by atoms with Crippen molar-refractivity contribution in [3.8, 4) is 23.0 Å². The zero-order chi connectivity index (χ0) is 32.9. The highest BCUT2D eigenvalue weighted by molar-refractivity contribution is 9.10. The number of carbonyl (C=O) groups is 1. The van der Waals surface area contributed by atoms with E-state index in [0.29, 0.717) is 51.6 Å². The Morgan fingerprint density at radius 2 is 1.64 bits per heavy atom. The summed E-state index contributed by atoms with van der Waals surface area (Å²) in [6.07, 6.45) is 5.51. The van der Waals surface area contributed by atoms with Crippen LogP contribution in [0, 0.1) is 25.7 Å². The van der Waals surface area contributed by atoms with Crippen LogP contribution in [-0.2, 0) is 12.1 Å². The van der Waals surface area contributed by atoms with Crippen molar-refractivity contribution in [2.75, 3.05) is 28.4 Å². The van der Waals surface area contributed by atoms with Gasteiger partial charge in [0.2, 0.25) is 11.5 Å². The molecule has 1 heterocycles. The van der Waals surface area contributed by atoms with E-state index in [1.165, 1.54) is 40.5 Å². The number of aryl methyl sites for hydroxylation is 1. The predicted molar refractivity (Wildman–Crippen MR) is 177 cm³/mol. The number of hydrogen-bond donors (Lipinski definition) is 1. The van der Waals surface area contributed by atoms with Crippen molar-refractivity contribution in [2.45, 2.75) is 45.8 Å². The van der Waals surface area contributed by atoms with Crippen LogP contribution in [0.3, 0.4) is 0 Å². The van der Waals surface area contributed by atoms with E-state index < -0.39 is 5.60 Å². The van der Waals surface area contributed by atoms with Gasteiger partial charge < -0.3 is 24.1 Å². The molecule has 1 N–H and O–H groups in total. The van der Waals surface area contributed by atoms with E-state index in [9.17, 15) is 9.90 Å². The molecule has 45 heavy (non-hydrogen) atoms. The van der Waals surface area contributed by atoms with Crippen molar-refractivity contribution in [1.29, 1.82) is 0 Å². The Hall–Kier alpha value is -3.60. The molecule has 1 fully saturated rings. The molecule has 9 nitrogen and oxygen atoms in total. The number of nitrogens with zero attached hydrogens (tertiary/aromatic N) is 3. The van der Waals surface area contributed by atoms with Gasteiger partial charge in [-0.1, -0.05) is 46.6 Å². The number of carbonyl (C=O) groups excluding carboxylic acids is 1. The highest BCUT2D eigenvalue weighted by Gasteiger charge is 2.44. The van der Waals surface area contributed by atoms with Gasteiger partial charge in [-0.25, -0.2) is 9.67 Å². The SMILES string of the molecule is CC(C1CC1)C(O)(Cn1cncn1)c1ccc(Cl)cc1.COc1cc(C)c(C(=O)c2c(OC)ccc(Br)c2C)c(OC)c1OC. The molecule has 240 valence electrons. The first-order chi connectivity index (χ1) is 21.5. The van der Waals surface area contributed by atoms with Gasteiger partial charge in [-0.15, -0.1) is 0 Å². The zero-order valence-corrected chi connectivity index (χ0v) is 28.9. The molecule has 1 aromatic heterocycles. The topological polar surface area (TPSA) is 105 Å². The first kappa shape index (κ1) is 34.3.